The quantitative estimate of drug-likeness (QED) is 0.838. The second-order valence-electron chi connectivity index (χ2n) is 5.50. The third kappa shape index (κ3) is 2.63. The molecule has 0 aromatic heterocycles. The van der Waals surface area contributed by atoms with E-state index in [0.29, 0.717) is 22.7 Å². The smallest absolute Gasteiger partial charge is 0.278 e. The molecule has 2 N–H and O–H groups in total. The summed E-state index contributed by atoms with van der Waals surface area (Å²) in [6.45, 7) is 3.06. The summed E-state index contributed by atoms with van der Waals surface area (Å²) in [6.07, 6.45) is 0. The second kappa shape index (κ2) is 5.39. The molecule has 23 heavy (non-hydrogen) atoms. The van der Waals surface area contributed by atoms with Crippen molar-refractivity contribution in [2.24, 2.45) is 0 Å². The zero-order chi connectivity index (χ0) is 16.6. The normalized spacial score (nSPS) is 19.3. The van der Waals surface area contributed by atoms with Gasteiger partial charge in [0.15, 0.2) is 0 Å². The Labute approximate surface area is 132 Å². The molecule has 0 bridgehead atoms. The van der Waals surface area contributed by atoms with Crippen molar-refractivity contribution in [3.63, 3.8) is 0 Å². The highest BCUT2D eigenvalue weighted by Gasteiger charge is 2.47. The van der Waals surface area contributed by atoms with Gasteiger partial charge in [-0.25, -0.2) is 4.39 Å². The van der Waals surface area contributed by atoms with Crippen LogP contribution in [0.4, 0.5) is 15.8 Å². The van der Waals surface area contributed by atoms with Crippen LogP contribution in [0.3, 0.4) is 0 Å². The number of hydrogen-bond acceptors (Lipinski definition) is 3. The maximum Gasteiger partial charge on any atom is 0.278 e. The van der Waals surface area contributed by atoms with Crippen LogP contribution < -0.4 is 15.4 Å². The minimum absolute atomic E-state index is 0.396. The van der Waals surface area contributed by atoms with Crippen LogP contribution in [0.1, 0.15) is 12.5 Å². The molecule has 1 aliphatic rings. The molecular formula is C17H15FN2O3. The van der Waals surface area contributed by atoms with Crippen molar-refractivity contribution in [3.05, 3.63) is 53.8 Å². The summed E-state index contributed by atoms with van der Waals surface area (Å²) < 4.78 is 18.8. The Morgan fingerprint density at radius 1 is 1.26 bits per heavy atom. The van der Waals surface area contributed by atoms with Crippen LogP contribution in [0.15, 0.2) is 42.5 Å². The third-order valence-corrected chi connectivity index (χ3v) is 3.75. The molecule has 1 unspecified atom stereocenters. The van der Waals surface area contributed by atoms with Crippen molar-refractivity contribution >= 4 is 23.2 Å². The van der Waals surface area contributed by atoms with Gasteiger partial charge in [0.25, 0.3) is 17.4 Å². The lowest BCUT2D eigenvalue weighted by molar-refractivity contribution is -0.143. The molecule has 3 rings (SSSR count). The van der Waals surface area contributed by atoms with Gasteiger partial charge < -0.3 is 15.4 Å². The predicted molar refractivity (Wildman–Crippen MR) is 83.9 cm³/mol. The molecule has 0 saturated heterocycles. The van der Waals surface area contributed by atoms with Gasteiger partial charge in [-0.3, -0.25) is 9.59 Å². The number of rotatable bonds is 2. The van der Waals surface area contributed by atoms with Gasteiger partial charge in [-0.15, -0.1) is 0 Å². The van der Waals surface area contributed by atoms with Gasteiger partial charge in [-0.2, -0.15) is 0 Å². The number of hydrogen-bond donors (Lipinski definition) is 2. The Morgan fingerprint density at radius 2 is 2.00 bits per heavy atom. The number of carbonyl (C=O) groups excluding carboxylic acids is 2. The number of carbonyl (C=O) groups is 2. The van der Waals surface area contributed by atoms with Crippen LogP contribution in [-0.2, 0) is 9.59 Å². The lowest BCUT2D eigenvalue weighted by Gasteiger charge is -2.33. The fourth-order valence-electron chi connectivity index (χ4n) is 2.33. The van der Waals surface area contributed by atoms with E-state index < -0.39 is 23.2 Å². The molecule has 5 nitrogen and oxygen atoms in total. The van der Waals surface area contributed by atoms with Gasteiger partial charge in [0.2, 0.25) is 0 Å². The van der Waals surface area contributed by atoms with Crippen molar-refractivity contribution < 1.29 is 18.7 Å². The Kier molecular flexibility index (Phi) is 3.52. The van der Waals surface area contributed by atoms with E-state index in [0.717, 1.165) is 0 Å². The summed E-state index contributed by atoms with van der Waals surface area (Å²) >= 11 is 0. The van der Waals surface area contributed by atoms with E-state index in [1.165, 1.54) is 25.1 Å². The third-order valence-electron chi connectivity index (χ3n) is 3.75. The Morgan fingerprint density at radius 3 is 2.74 bits per heavy atom. The molecule has 1 heterocycles. The monoisotopic (exact) mass is 314 g/mol. The van der Waals surface area contributed by atoms with Crippen molar-refractivity contribution in [3.8, 4) is 5.75 Å². The van der Waals surface area contributed by atoms with Crippen LogP contribution in [0.25, 0.3) is 0 Å². The van der Waals surface area contributed by atoms with Gasteiger partial charge in [0.05, 0.1) is 5.69 Å². The highest BCUT2D eigenvalue weighted by molar-refractivity contribution is 6.19. The molecule has 118 valence electrons. The number of benzene rings is 2. The van der Waals surface area contributed by atoms with Gasteiger partial charge >= 0.3 is 0 Å². The van der Waals surface area contributed by atoms with Crippen LogP contribution in [-0.4, -0.2) is 17.4 Å². The van der Waals surface area contributed by atoms with Crippen LogP contribution in [0, 0.1) is 12.7 Å². The maximum atomic E-state index is 13.1. The summed E-state index contributed by atoms with van der Waals surface area (Å²) in [6, 6.07) is 10.8. The van der Waals surface area contributed by atoms with Gasteiger partial charge in [0, 0.05) is 5.69 Å². The first kappa shape index (κ1) is 15.0. The topological polar surface area (TPSA) is 67.4 Å². The Bertz CT molecular complexity index is 806. The fraction of sp³-hybridized carbons (Fsp3) is 0.176. The molecule has 0 fully saturated rings. The van der Waals surface area contributed by atoms with Crippen LogP contribution >= 0.6 is 0 Å². The van der Waals surface area contributed by atoms with E-state index in [-0.39, 0.29) is 0 Å². The summed E-state index contributed by atoms with van der Waals surface area (Å²) in [4.78, 5) is 24.8. The molecule has 0 saturated carbocycles. The number of halogens is 1. The number of para-hydroxylation sites is 2. The van der Waals surface area contributed by atoms with Crippen molar-refractivity contribution in [1.82, 2.24) is 0 Å². The summed E-state index contributed by atoms with van der Waals surface area (Å²) in [5.74, 6) is -1.17. The number of fused-ring (bicyclic) bond motifs is 1. The van der Waals surface area contributed by atoms with E-state index in [9.17, 15) is 14.0 Å². The fourth-order valence-corrected chi connectivity index (χ4v) is 2.33. The molecular weight excluding hydrogens is 299 g/mol. The first-order chi connectivity index (χ1) is 10.9. The number of anilines is 2. The van der Waals surface area contributed by atoms with Crippen molar-refractivity contribution in [2.75, 3.05) is 10.6 Å². The molecule has 0 radical (unpaired) electrons. The number of ether oxygens (including phenoxy) is 1. The number of amides is 2. The predicted octanol–water partition coefficient (Wildman–Crippen LogP) is 2.86. The first-order valence-corrected chi connectivity index (χ1v) is 7.07. The van der Waals surface area contributed by atoms with Crippen molar-refractivity contribution in [1.29, 1.82) is 0 Å². The minimum Gasteiger partial charge on any atom is -0.466 e. The average Bonchev–Trinajstić information content (AvgIpc) is 2.51. The molecule has 2 aromatic carbocycles. The highest BCUT2D eigenvalue weighted by Crippen LogP contribution is 2.34. The number of nitrogens with one attached hydrogen (secondary N) is 2. The van der Waals surface area contributed by atoms with Gasteiger partial charge in [0.1, 0.15) is 11.6 Å². The van der Waals surface area contributed by atoms with E-state index in [2.05, 4.69) is 10.6 Å². The van der Waals surface area contributed by atoms with Crippen LogP contribution in [0.5, 0.6) is 5.75 Å². The maximum absolute atomic E-state index is 13.1. The SMILES string of the molecule is Cc1cc(F)ccc1NC(=O)C1(C)Oc2ccccc2NC1=O. The highest BCUT2D eigenvalue weighted by atomic mass is 19.1. The summed E-state index contributed by atoms with van der Waals surface area (Å²) in [5.41, 5.74) is -0.220. The molecule has 1 aliphatic heterocycles. The standard InChI is InChI=1S/C17H15FN2O3/c1-10-9-11(18)7-8-12(10)19-15(21)17(2)16(22)20-13-5-3-4-6-14(13)23-17/h3-9H,1-2H3,(H,19,21)(H,20,22). The van der Waals surface area contributed by atoms with Gasteiger partial charge in [-0.05, 0) is 49.7 Å². The zero-order valence-electron chi connectivity index (χ0n) is 12.6. The Balaban J connectivity index is 1.88. The van der Waals surface area contributed by atoms with E-state index in [4.69, 9.17) is 4.74 Å². The lowest BCUT2D eigenvalue weighted by Crippen LogP contribution is -2.56. The first-order valence-electron chi connectivity index (χ1n) is 7.07. The molecule has 0 spiro atoms. The molecule has 2 amide bonds. The molecule has 0 aliphatic carbocycles. The lowest BCUT2D eigenvalue weighted by atomic mass is 10.0. The summed E-state index contributed by atoms with van der Waals surface area (Å²) in [5, 5.41) is 5.27. The van der Waals surface area contributed by atoms with Gasteiger partial charge in [-0.1, -0.05) is 12.1 Å². The van der Waals surface area contributed by atoms with Crippen LogP contribution in [0.2, 0.25) is 0 Å². The van der Waals surface area contributed by atoms with E-state index in [1.54, 1.807) is 31.2 Å². The molecule has 6 heteroatoms. The Hall–Kier alpha value is -2.89. The molecule has 2 aromatic rings. The second-order valence-corrected chi connectivity index (χ2v) is 5.50. The van der Waals surface area contributed by atoms with Crippen molar-refractivity contribution in [2.45, 2.75) is 19.4 Å². The van der Waals surface area contributed by atoms with E-state index >= 15 is 0 Å². The largest absolute Gasteiger partial charge is 0.466 e. The summed E-state index contributed by atoms with van der Waals surface area (Å²) in [7, 11) is 0. The number of aryl methyl sites for hydroxylation is 1. The minimum atomic E-state index is -1.71. The van der Waals surface area contributed by atoms with E-state index in [1.807, 2.05) is 0 Å². The molecule has 1 atom stereocenters. The average molecular weight is 314 g/mol. The zero-order valence-corrected chi connectivity index (χ0v) is 12.6.